The second-order valence-electron chi connectivity index (χ2n) is 3.06. The predicted octanol–water partition coefficient (Wildman–Crippen LogP) is 3.31. The Balaban J connectivity index is 0.00000324. The molecule has 1 rings (SSSR count). The van der Waals surface area contributed by atoms with Crippen molar-refractivity contribution >= 4 is 58.9 Å². The number of carbonyl (C=O) groups excluding carboxylic acids is 1. The summed E-state index contributed by atoms with van der Waals surface area (Å²) in [5.41, 5.74) is -1.05. The summed E-state index contributed by atoms with van der Waals surface area (Å²) in [6, 6.07) is 4.02. The van der Waals surface area contributed by atoms with Crippen LogP contribution in [0.1, 0.15) is 15.9 Å². The van der Waals surface area contributed by atoms with Gasteiger partial charge in [-0.1, -0.05) is 6.07 Å². The zero-order chi connectivity index (χ0) is 13.8. The van der Waals surface area contributed by atoms with Crippen LogP contribution in [-0.4, -0.2) is 11.9 Å². The zero-order valence-electron chi connectivity index (χ0n) is 8.96. The lowest BCUT2D eigenvalue weighted by Crippen LogP contribution is -2.36. The Kier molecular flexibility index (Phi) is 7.45. The SMILES string of the molecule is Cl.O=C(NC(=NCl)NI)c1cccc(C(F)(F)F)c1. The number of halogens is 6. The van der Waals surface area contributed by atoms with Crippen molar-refractivity contribution in [3.05, 3.63) is 35.4 Å². The first-order valence-corrected chi connectivity index (χ1v) is 5.84. The van der Waals surface area contributed by atoms with Crippen LogP contribution < -0.4 is 8.85 Å². The maximum atomic E-state index is 12.4. The average molecular weight is 428 g/mol. The molecule has 0 fully saturated rings. The van der Waals surface area contributed by atoms with Crippen LogP contribution in [-0.2, 0) is 6.18 Å². The number of hydrogen-bond donors (Lipinski definition) is 2. The van der Waals surface area contributed by atoms with E-state index in [0.717, 1.165) is 18.2 Å². The molecule has 0 atom stereocenters. The molecule has 0 bridgehead atoms. The van der Waals surface area contributed by atoms with Crippen molar-refractivity contribution in [2.45, 2.75) is 6.18 Å². The van der Waals surface area contributed by atoms with Crippen LogP contribution >= 0.6 is 47.0 Å². The maximum absolute atomic E-state index is 12.4. The van der Waals surface area contributed by atoms with Crippen LogP contribution in [0.15, 0.2) is 28.8 Å². The van der Waals surface area contributed by atoms with Crippen molar-refractivity contribution in [3.63, 3.8) is 0 Å². The molecule has 0 spiro atoms. The smallest absolute Gasteiger partial charge is 0.298 e. The second kappa shape index (κ2) is 7.75. The van der Waals surface area contributed by atoms with Crippen molar-refractivity contribution < 1.29 is 18.0 Å². The van der Waals surface area contributed by atoms with Gasteiger partial charge < -0.3 is 0 Å². The summed E-state index contributed by atoms with van der Waals surface area (Å²) in [4.78, 5) is 11.6. The maximum Gasteiger partial charge on any atom is 0.416 e. The van der Waals surface area contributed by atoms with E-state index in [4.69, 9.17) is 11.8 Å². The topological polar surface area (TPSA) is 53.5 Å². The molecule has 0 aliphatic rings. The first-order chi connectivity index (χ1) is 8.38. The van der Waals surface area contributed by atoms with E-state index in [1.54, 1.807) is 22.9 Å². The molecule has 0 aliphatic carbocycles. The molecule has 0 aliphatic heterocycles. The Labute approximate surface area is 131 Å². The highest BCUT2D eigenvalue weighted by Crippen LogP contribution is 2.29. The van der Waals surface area contributed by atoms with E-state index in [0.29, 0.717) is 0 Å². The minimum atomic E-state index is -4.50. The summed E-state index contributed by atoms with van der Waals surface area (Å²) < 4.78 is 42.9. The Morgan fingerprint density at radius 3 is 2.47 bits per heavy atom. The molecule has 19 heavy (non-hydrogen) atoms. The number of hydrogen-bond acceptors (Lipinski definition) is 2. The van der Waals surface area contributed by atoms with Crippen LogP contribution in [0.4, 0.5) is 13.2 Å². The summed E-state index contributed by atoms with van der Waals surface area (Å²) in [6.45, 7) is 0. The number of nitrogens with one attached hydrogen (secondary N) is 2. The van der Waals surface area contributed by atoms with Crippen molar-refractivity contribution in [2.24, 2.45) is 4.51 Å². The molecular weight excluding hydrogens is 421 g/mol. The first-order valence-electron chi connectivity index (χ1n) is 4.42. The lowest BCUT2D eigenvalue weighted by atomic mass is 10.1. The largest absolute Gasteiger partial charge is 0.416 e. The highest BCUT2D eigenvalue weighted by molar-refractivity contribution is 14.1. The van der Waals surface area contributed by atoms with Crippen LogP contribution in [0.3, 0.4) is 0 Å². The molecule has 106 valence electrons. The van der Waals surface area contributed by atoms with E-state index < -0.39 is 17.6 Å². The zero-order valence-corrected chi connectivity index (χ0v) is 12.7. The van der Waals surface area contributed by atoms with Gasteiger partial charge in [-0.25, -0.2) is 0 Å². The van der Waals surface area contributed by atoms with Crippen molar-refractivity contribution in [2.75, 3.05) is 0 Å². The quantitative estimate of drug-likeness (QED) is 0.312. The van der Waals surface area contributed by atoms with E-state index >= 15 is 0 Å². The molecule has 1 amide bonds. The van der Waals surface area contributed by atoms with Crippen molar-refractivity contribution in [3.8, 4) is 0 Å². The third-order valence-corrected chi connectivity index (χ3v) is 2.54. The molecule has 0 unspecified atom stereocenters. The number of benzene rings is 1. The lowest BCUT2D eigenvalue weighted by Gasteiger charge is -2.09. The fourth-order valence-corrected chi connectivity index (χ4v) is 1.56. The third-order valence-electron chi connectivity index (χ3n) is 1.86. The van der Waals surface area contributed by atoms with Gasteiger partial charge in [0.25, 0.3) is 5.91 Å². The van der Waals surface area contributed by atoms with E-state index in [1.807, 2.05) is 0 Å². The van der Waals surface area contributed by atoms with E-state index in [-0.39, 0.29) is 23.9 Å². The molecule has 0 heterocycles. The predicted molar refractivity (Wildman–Crippen MR) is 76.6 cm³/mol. The summed E-state index contributed by atoms with van der Waals surface area (Å²) in [7, 11) is 0. The third kappa shape index (κ3) is 5.41. The van der Waals surface area contributed by atoms with E-state index in [1.165, 1.54) is 6.07 Å². The number of amides is 1. The van der Waals surface area contributed by atoms with Crippen LogP contribution in [0, 0.1) is 0 Å². The molecular formula is C9H7Cl2F3IN3O. The Bertz CT molecular complexity index is 482. The highest BCUT2D eigenvalue weighted by Gasteiger charge is 2.30. The monoisotopic (exact) mass is 427 g/mol. The normalized spacial score (nSPS) is 11.5. The minimum Gasteiger partial charge on any atom is -0.298 e. The lowest BCUT2D eigenvalue weighted by molar-refractivity contribution is -0.137. The van der Waals surface area contributed by atoms with Gasteiger partial charge in [0.1, 0.15) is 0 Å². The van der Waals surface area contributed by atoms with Gasteiger partial charge in [0.15, 0.2) is 0 Å². The number of rotatable bonds is 1. The van der Waals surface area contributed by atoms with Gasteiger partial charge >= 0.3 is 6.18 Å². The highest BCUT2D eigenvalue weighted by atomic mass is 127. The Morgan fingerprint density at radius 1 is 1.37 bits per heavy atom. The van der Waals surface area contributed by atoms with Gasteiger partial charge in [0, 0.05) is 17.3 Å². The molecule has 2 N–H and O–H groups in total. The molecule has 1 aromatic carbocycles. The average Bonchev–Trinajstić information content (AvgIpc) is 2.34. The van der Waals surface area contributed by atoms with Gasteiger partial charge in [-0.05, 0) is 18.2 Å². The molecule has 0 radical (unpaired) electrons. The molecule has 0 saturated carbocycles. The Morgan fingerprint density at radius 2 is 2.00 bits per heavy atom. The number of nitrogens with zero attached hydrogens (tertiary/aromatic N) is 1. The summed E-state index contributed by atoms with van der Waals surface area (Å²) >= 11 is 6.79. The van der Waals surface area contributed by atoms with Gasteiger partial charge in [-0.15, -0.1) is 16.9 Å². The van der Waals surface area contributed by atoms with E-state index in [9.17, 15) is 18.0 Å². The van der Waals surface area contributed by atoms with Gasteiger partial charge in [0.05, 0.1) is 28.4 Å². The molecule has 10 heteroatoms. The first kappa shape index (κ1) is 18.3. The summed E-state index contributed by atoms with van der Waals surface area (Å²) in [5, 5.41) is 2.20. The molecule has 0 saturated heterocycles. The Hall–Kier alpha value is -0.740. The van der Waals surface area contributed by atoms with Gasteiger partial charge in [-0.2, -0.15) is 13.2 Å². The standard InChI is InChI=1S/C9H6ClF3IN3O.ClH/c10-16-8(17-14)15-7(18)5-2-1-3-6(4-5)9(11,12)13;/h1-4H,(H2,15,16,17,18);1H. The van der Waals surface area contributed by atoms with Crippen molar-refractivity contribution in [1.82, 2.24) is 8.85 Å². The number of guanidine groups is 1. The van der Waals surface area contributed by atoms with Crippen molar-refractivity contribution in [1.29, 1.82) is 0 Å². The van der Waals surface area contributed by atoms with Crippen LogP contribution in [0.2, 0.25) is 0 Å². The minimum absolute atomic E-state index is 0. The summed E-state index contributed by atoms with van der Waals surface area (Å²) in [5.74, 6) is -0.815. The van der Waals surface area contributed by atoms with Crippen LogP contribution in [0.5, 0.6) is 0 Å². The molecule has 4 nitrogen and oxygen atoms in total. The summed E-state index contributed by atoms with van der Waals surface area (Å²) in [6.07, 6.45) is -4.50. The van der Waals surface area contributed by atoms with Crippen LogP contribution in [0.25, 0.3) is 0 Å². The fraction of sp³-hybridized carbons (Fsp3) is 0.111. The molecule has 0 aromatic heterocycles. The number of carbonyl (C=O) groups is 1. The molecule has 1 aromatic rings. The van der Waals surface area contributed by atoms with Gasteiger partial charge in [0.2, 0.25) is 5.96 Å². The van der Waals surface area contributed by atoms with Gasteiger partial charge in [-0.3, -0.25) is 13.6 Å². The fourth-order valence-electron chi connectivity index (χ4n) is 1.08. The second-order valence-corrected chi connectivity index (χ2v) is 3.77. The van der Waals surface area contributed by atoms with E-state index in [2.05, 4.69) is 13.4 Å². The number of alkyl halides is 3.